The summed E-state index contributed by atoms with van der Waals surface area (Å²) in [6.07, 6.45) is 2.32. The monoisotopic (exact) mass is 328 g/mol. The molecule has 1 fully saturated rings. The zero-order chi connectivity index (χ0) is 16.8. The lowest BCUT2D eigenvalue weighted by Gasteiger charge is -2.37. The standard InChI is InChI=1S/C19H24N2O3/c1-2-16(20-19(22)17-9-6-11-23-17)18-14-21(10-12-24-18)13-15-7-4-3-5-8-15/h3-9,11,16,18H,2,10,12-14H2,1H3,(H,20,22)/t16-,18-/m1/s1. The number of amides is 1. The average molecular weight is 328 g/mol. The molecule has 128 valence electrons. The van der Waals surface area contributed by atoms with Gasteiger partial charge in [-0.2, -0.15) is 0 Å². The Hall–Kier alpha value is -2.11. The lowest BCUT2D eigenvalue weighted by atomic mass is 10.1. The fourth-order valence-electron chi connectivity index (χ4n) is 3.07. The van der Waals surface area contributed by atoms with Gasteiger partial charge in [0.05, 0.1) is 25.0 Å². The molecule has 1 aromatic heterocycles. The summed E-state index contributed by atoms with van der Waals surface area (Å²) in [5.74, 6) is 0.154. The van der Waals surface area contributed by atoms with Gasteiger partial charge in [-0.25, -0.2) is 0 Å². The molecule has 0 saturated carbocycles. The van der Waals surface area contributed by atoms with Gasteiger partial charge < -0.3 is 14.5 Å². The maximum absolute atomic E-state index is 12.2. The number of hydrogen-bond donors (Lipinski definition) is 1. The predicted octanol–water partition coefficient (Wildman–Crippen LogP) is 2.69. The minimum atomic E-state index is -0.185. The Bertz CT molecular complexity index is 627. The van der Waals surface area contributed by atoms with Crippen LogP contribution < -0.4 is 5.32 Å². The summed E-state index contributed by atoms with van der Waals surface area (Å²) in [6.45, 7) is 5.38. The van der Waals surface area contributed by atoms with Crippen LogP contribution in [0.5, 0.6) is 0 Å². The van der Waals surface area contributed by atoms with E-state index >= 15 is 0 Å². The van der Waals surface area contributed by atoms with Crippen molar-refractivity contribution in [2.45, 2.75) is 32.0 Å². The molecule has 0 spiro atoms. The van der Waals surface area contributed by atoms with Crippen molar-refractivity contribution in [1.82, 2.24) is 10.2 Å². The molecular formula is C19H24N2O3. The van der Waals surface area contributed by atoms with Gasteiger partial charge in [-0.05, 0) is 24.1 Å². The second-order valence-electron chi connectivity index (χ2n) is 6.10. The summed E-state index contributed by atoms with van der Waals surface area (Å²) in [5, 5.41) is 3.04. The van der Waals surface area contributed by atoms with Crippen LogP contribution in [0.3, 0.4) is 0 Å². The lowest BCUT2D eigenvalue weighted by Crippen LogP contribution is -2.53. The van der Waals surface area contributed by atoms with Crippen molar-refractivity contribution in [3.05, 3.63) is 60.1 Å². The van der Waals surface area contributed by atoms with Crippen molar-refractivity contribution in [3.8, 4) is 0 Å². The maximum atomic E-state index is 12.2. The first kappa shape index (κ1) is 16.7. The number of carbonyl (C=O) groups is 1. The summed E-state index contributed by atoms with van der Waals surface area (Å²) in [6, 6.07) is 13.8. The van der Waals surface area contributed by atoms with E-state index < -0.39 is 0 Å². The molecule has 0 unspecified atom stereocenters. The summed E-state index contributed by atoms with van der Waals surface area (Å²) in [4.78, 5) is 14.6. The van der Waals surface area contributed by atoms with Gasteiger partial charge in [0.25, 0.3) is 5.91 Å². The number of morpholine rings is 1. The van der Waals surface area contributed by atoms with Crippen LogP contribution in [-0.2, 0) is 11.3 Å². The van der Waals surface area contributed by atoms with E-state index in [-0.39, 0.29) is 18.1 Å². The number of furan rings is 1. The Morgan fingerprint density at radius 3 is 2.83 bits per heavy atom. The number of nitrogens with one attached hydrogen (secondary N) is 1. The van der Waals surface area contributed by atoms with Gasteiger partial charge in [0.2, 0.25) is 0 Å². The zero-order valence-electron chi connectivity index (χ0n) is 14.0. The van der Waals surface area contributed by atoms with Gasteiger partial charge in [-0.15, -0.1) is 0 Å². The summed E-state index contributed by atoms with van der Waals surface area (Å²) < 4.78 is 11.1. The van der Waals surface area contributed by atoms with Crippen molar-refractivity contribution in [1.29, 1.82) is 0 Å². The molecule has 1 N–H and O–H groups in total. The second kappa shape index (κ2) is 8.13. The molecule has 0 aliphatic carbocycles. The first-order chi connectivity index (χ1) is 11.8. The van der Waals surface area contributed by atoms with Gasteiger partial charge in [-0.3, -0.25) is 9.69 Å². The molecule has 5 nitrogen and oxygen atoms in total. The van der Waals surface area contributed by atoms with Gasteiger partial charge in [0, 0.05) is 19.6 Å². The van der Waals surface area contributed by atoms with Crippen LogP contribution in [0.4, 0.5) is 0 Å². The number of rotatable bonds is 6. The molecule has 0 bridgehead atoms. The molecule has 3 rings (SSSR count). The second-order valence-corrected chi connectivity index (χ2v) is 6.10. The van der Waals surface area contributed by atoms with Crippen molar-refractivity contribution in [3.63, 3.8) is 0 Å². The van der Waals surface area contributed by atoms with E-state index in [4.69, 9.17) is 9.15 Å². The van der Waals surface area contributed by atoms with Crippen LogP contribution in [-0.4, -0.2) is 42.6 Å². The van der Waals surface area contributed by atoms with Crippen LogP contribution in [0.2, 0.25) is 0 Å². The van der Waals surface area contributed by atoms with Crippen LogP contribution in [0.25, 0.3) is 0 Å². The average Bonchev–Trinajstić information content (AvgIpc) is 3.15. The van der Waals surface area contributed by atoms with Crippen LogP contribution in [0.15, 0.2) is 53.1 Å². The van der Waals surface area contributed by atoms with Crippen molar-refractivity contribution in [2.24, 2.45) is 0 Å². The third-order valence-corrected chi connectivity index (χ3v) is 4.38. The van der Waals surface area contributed by atoms with Gasteiger partial charge in [0.1, 0.15) is 0 Å². The topological polar surface area (TPSA) is 54.7 Å². The molecule has 5 heteroatoms. The van der Waals surface area contributed by atoms with E-state index in [0.717, 1.165) is 26.1 Å². The molecule has 1 aliphatic rings. The van der Waals surface area contributed by atoms with E-state index in [2.05, 4.69) is 41.4 Å². The van der Waals surface area contributed by atoms with E-state index in [9.17, 15) is 4.79 Å². The number of ether oxygens (including phenoxy) is 1. The van der Waals surface area contributed by atoms with E-state index in [1.807, 2.05) is 6.07 Å². The third kappa shape index (κ3) is 4.24. The molecule has 1 aliphatic heterocycles. The molecule has 24 heavy (non-hydrogen) atoms. The predicted molar refractivity (Wildman–Crippen MR) is 91.7 cm³/mol. The largest absolute Gasteiger partial charge is 0.459 e. The van der Waals surface area contributed by atoms with Crippen LogP contribution in [0, 0.1) is 0 Å². The molecular weight excluding hydrogens is 304 g/mol. The Balaban J connectivity index is 1.58. The third-order valence-electron chi connectivity index (χ3n) is 4.38. The number of nitrogens with zero attached hydrogens (tertiary/aromatic N) is 1. The summed E-state index contributed by atoms with van der Waals surface area (Å²) in [7, 11) is 0. The van der Waals surface area contributed by atoms with Gasteiger partial charge in [-0.1, -0.05) is 37.3 Å². The molecule has 1 aromatic carbocycles. The Kier molecular flexibility index (Phi) is 5.67. The van der Waals surface area contributed by atoms with Crippen molar-refractivity contribution in [2.75, 3.05) is 19.7 Å². The SMILES string of the molecule is CC[C@@H](NC(=O)c1ccco1)[C@H]1CN(Cc2ccccc2)CCO1. The van der Waals surface area contributed by atoms with Crippen molar-refractivity contribution >= 4 is 5.91 Å². The minimum Gasteiger partial charge on any atom is -0.459 e. The lowest BCUT2D eigenvalue weighted by molar-refractivity contribution is -0.0484. The van der Waals surface area contributed by atoms with Crippen LogP contribution >= 0.6 is 0 Å². The molecule has 1 saturated heterocycles. The molecule has 1 amide bonds. The maximum Gasteiger partial charge on any atom is 0.287 e. The number of carbonyl (C=O) groups excluding carboxylic acids is 1. The summed E-state index contributed by atoms with van der Waals surface area (Å²) in [5.41, 5.74) is 1.30. The first-order valence-corrected chi connectivity index (χ1v) is 8.48. The highest BCUT2D eigenvalue weighted by Crippen LogP contribution is 2.15. The Morgan fingerprint density at radius 2 is 2.12 bits per heavy atom. The fraction of sp³-hybridized carbons (Fsp3) is 0.421. The van der Waals surface area contributed by atoms with Crippen molar-refractivity contribution < 1.29 is 13.9 Å². The molecule has 0 radical (unpaired) electrons. The molecule has 2 atom stereocenters. The first-order valence-electron chi connectivity index (χ1n) is 8.48. The fourth-order valence-corrected chi connectivity index (χ4v) is 3.07. The highest BCUT2D eigenvalue weighted by atomic mass is 16.5. The van der Waals surface area contributed by atoms with Gasteiger partial charge >= 0.3 is 0 Å². The molecule has 2 heterocycles. The number of benzene rings is 1. The van der Waals surface area contributed by atoms with E-state index in [0.29, 0.717) is 12.4 Å². The quantitative estimate of drug-likeness (QED) is 0.886. The summed E-state index contributed by atoms with van der Waals surface area (Å²) >= 11 is 0. The Morgan fingerprint density at radius 1 is 1.29 bits per heavy atom. The zero-order valence-corrected chi connectivity index (χ0v) is 14.0. The Labute approximate surface area is 142 Å². The molecule has 2 aromatic rings. The smallest absolute Gasteiger partial charge is 0.287 e. The van der Waals surface area contributed by atoms with Crippen LogP contribution in [0.1, 0.15) is 29.5 Å². The van der Waals surface area contributed by atoms with E-state index in [1.165, 1.54) is 11.8 Å². The highest BCUT2D eigenvalue weighted by Gasteiger charge is 2.29. The number of hydrogen-bond acceptors (Lipinski definition) is 4. The van der Waals surface area contributed by atoms with Gasteiger partial charge in [0.15, 0.2) is 5.76 Å². The normalized spacial score (nSPS) is 19.8. The highest BCUT2D eigenvalue weighted by molar-refractivity contribution is 5.91. The minimum absolute atomic E-state index is 0.00799. The van der Waals surface area contributed by atoms with E-state index in [1.54, 1.807) is 12.1 Å².